The quantitative estimate of drug-likeness (QED) is 0.690. The molecule has 2 aromatic rings. The van der Waals surface area contributed by atoms with Gasteiger partial charge >= 0.3 is 5.97 Å². The molecule has 1 saturated carbocycles. The molecule has 3 rings (SSSR count). The summed E-state index contributed by atoms with van der Waals surface area (Å²) in [6, 6.07) is 7.98. The molecule has 1 amide bonds. The van der Waals surface area contributed by atoms with Crippen LogP contribution in [-0.4, -0.2) is 19.0 Å². The number of hydrogen-bond acceptors (Lipinski definition) is 4. The van der Waals surface area contributed by atoms with Crippen molar-refractivity contribution in [2.75, 3.05) is 12.4 Å². The number of aryl methyl sites for hydroxylation is 1. The van der Waals surface area contributed by atoms with Crippen molar-refractivity contribution in [2.24, 2.45) is 5.92 Å². The summed E-state index contributed by atoms with van der Waals surface area (Å²) in [6.45, 7) is 2.02. The third-order valence-electron chi connectivity index (χ3n) is 5.05. The molecular weight excluding hydrogens is 346 g/mol. The van der Waals surface area contributed by atoms with E-state index in [4.69, 9.17) is 4.74 Å². The second-order valence-corrected chi connectivity index (χ2v) is 7.83. The zero-order chi connectivity index (χ0) is 18.5. The number of hydrogen-bond donors (Lipinski definition) is 1. The molecule has 0 atom stereocenters. The van der Waals surface area contributed by atoms with Crippen LogP contribution >= 0.6 is 11.3 Å². The maximum absolute atomic E-state index is 12.4. The standard InChI is InChI=1S/C21H25NO3S/c1-14-7-10-16(11-8-14)17-13-26-20(19(17)21(24)25-2)22-18(23)12-9-15-5-3-4-6-15/h7-8,10-11,13,15H,3-6,9,12H2,1-2H3,(H,22,23). The van der Waals surface area contributed by atoms with Gasteiger partial charge in [0, 0.05) is 17.4 Å². The van der Waals surface area contributed by atoms with E-state index >= 15 is 0 Å². The molecular formula is C21H25NO3S. The van der Waals surface area contributed by atoms with Crippen molar-refractivity contribution in [3.8, 4) is 11.1 Å². The van der Waals surface area contributed by atoms with Crippen LogP contribution in [-0.2, 0) is 9.53 Å². The Hall–Kier alpha value is -2.14. The smallest absolute Gasteiger partial charge is 0.341 e. The maximum Gasteiger partial charge on any atom is 0.341 e. The number of ether oxygens (including phenoxy) is 1. The highest BCUT2D eigenvalue weighted by molar-refractivity contribution is 7.15. The minimum atomic E-state index is -0.423. The third-order valence-corrected chi connectivity index (χ3v) is 5.95. The monoisotopic (exact) mass is 371 g/mol. The van der Waals surface area contributed by atoms with Crippen LogP contribution in [0.1, 0.15) is 54.4 Å². The lowest BCUT2D eigenvalue weighted by Gasteiger charge is -2.10. The zero-order valence-electron chi connectivity index (χ0n) is 15.3. The number of benzene rings is 1. The Morgan fingerprint density at radius 3 is 2.54 bits per heavy atom. The molecule has 1 aliphatic carbocycles. The van der Waals surface area contributed by atoms with Crippen LogP contribution in [0.25, 0.3) is 11.1 Å². The predicted molar refractivity (Wildman–Crippen MR) is 106 cm³/mol. The van der Waals surface area contributed by atoms with Gasteiger partial charge in [-0.25, -0.2) is 4.79 Å². The van der Waals surface area contributed by atoms with Crippen LogP contribution < -0.4 is 5.32 Å². The Morgan fingerprint density at radius 1 is 1.19 bits per heavy atom. The Morgan fingerprint density at radius 2 is 1.88 bits per heavy atom. The first-order chi connectivity index (χ1) is 12.6. The van der Waals surface area contributed by atoms with E-state index in [0.29, 0.717) is 22.9 Å². The van der Waals surface area contributed by atoms with Gasteiger partial charge in [-0.3, -0.25) is 4.79 Å². The number of nitrogens with one attached hydrogen (secondary N) is 1. The fourth-order valence-corrected chi connectivity index (χ4v) is 4.50. The predicted octanol–water partition coefficient (Wildman–Crippen LogP) is 5.42. The summed E-state index contributed by atoms with van der Waals surface area (Å²) >= 11 is 1.37. The molecule has 1 fully saturated rings. The van der Waals surface area contributed by atoms with E-state index in [0.717, 1.165) is 23.1 Å². The van der Waals surface area contributed by atoms with Crippen LogP contribution in [0.4, 0.5) is 5.00 Å². The molecule has 4 nitrogen and oxygen atoms in total. The minimum Gasteiger partial charge on any atom is -0.465 e. The van der Waals surface area contributed by atoms with Gasteiger partial charge in [0.15, 0.2) is 0 Å². The van der Waals surface area contributed by atoms with Gasteiger partial charge in [-0.15, -0.1) is 11.3 Å². The fraction of sp³-hybridized carbons (Fsp3) is 0.429. The number of carbonyl (C=O) groups excluding carboxylic acids is 2. The van der Waals surface area contributed by atoms with Crippen LogP contribution in [0.3, 0.4) is 0 Å². The molecule has 0 saturated heterocycles. The lowest BCUT2D eigenvalue weighted by Crippen LogP contribution is -2.14. The summed E-state index contributed by atoms with van der Waals surface area (Å²) in [6.07, 6.45) is 6.46. The summed E-state index contributed by atoms with van der Waals surface area (Å²) in [7, 11) is 1.37. The van der Waals surface area contributed by atoms with Gasteiger partial charge in [0.1, 0.15) is 10.6 Å². The zero-order valence-corrected chi connectivity index (χ0v) is 16.2. The Kier molecular flexibility index (Phi) is 6.09. The second kappa shape index (κ2) is 8.49. The molecule has 1 heterocycles. The number of esters is 1. The number of thiophene rings is 1. The number of anilines is 1. The topological polar surface area (TPSA) is 55.4 Å². The van der Waals surface area contributed by atoms with E-state index in [-0.39, 0.29) is 5.91 Å². The van der Waals surface area contributed by atoms with Gasteiger partial charge in [0.25, 0.3) is 0 Å². The van der Waals surface area contributed by atoms with Gasteiger partial charge in [0.05, 0.1) is 7.11 Å². The van der Waals surface area contributed by atoms with Crippen LogP contribution in [0.5, 0.6) is 0 Å². The average Bonchev–Trinajstić information content (AvgIpc) is 3.30. The van der Waals surface area contributed by atoms with E-state index in [2.05, 4.69) is 5.32 Å². The SMILES string of the molecule is COC(=O)c1c(-c2ccc(C)cc2)csc1NC(=O)CCC1CCCC1. The van der Waals surface area contributed by atoms with E-state index in [1.807, 2.05) is 36.6 Å². The molecule has 138 valence electrons. The molecule has 1 aliphatic rings. The number of rotatable bonds is 6. The van der Waals surface area contributed by atoms with E-state index in [1.54, 1.807) is 0 Å². The third kappa shape index (κ3) is 4.33. The van der Waals surface area contributed by atoms with Crippen LogP contribution in [0.15, 0.2) is 29.6 Å². The maximum atomic E-state index is 12.4. The highest BCUT2D eigenvalue weighted by Crippen LogP contribution is 2.36. The molecule has 1 N–H and O–H groups in total. The van der Waals surface area contributed by atoms with Gasteiger partial charge in [-0.1, -0.05) is 55.5 Å². The molecule has 0 unspecified atom stereocenters. The van der Waals surface area contributed by atoms with Crippen molar-refractivity contribution >= 4 is 28.2 Å². The first-order valence-electron chi connectivity index (χ1n) is 9.15. The second-order valence-electron chi connectivity index (χ2n) is 6.95. The Labute approximate surface area is 158 Å². The molecule has 5 heteroatoms. The molecule has 0 radical (unpaired) electrons. The average molecular weight is 372 g/mol. The lowest BCUT2D eigenvalue weighted by atomic mass is 10.0. The summed E-state index contributed by atoms with van der Waals surface area (Å²) in [5.74, 6) is 0.222. The summed E-state index contributed by atoms with van der Waals surface area (Å²) in [4.78, 5) is 24.7. The van der Waals surface area contributed by atoms with Crippen molar-refractivity contribution < 1.29 is 14.3 Å². The van der Waals surface area contributed by atoms with Gasteiger partial charge < -0.3 is 10.1 Å². The van der Waals surface area contributed by atoms with E-state index in [9.17, 15) is 9.59 Å². The van der Waals surface area contributed by atoms with Crippen LogP contribution in [0, 0.1) is 12.8 Å². The fourth-order valence-electron chi connectivity index (χ4n) is 3.52. The lowest BCUT2D eigenvalue weighted by molar-refractivity contribution is -0.116. The summed E-state index contributed by atoms with van der Waals surface area (Å²) in [5.41, 5.74) is 3.34. The largest absolute Gasteiger partial charge is 0.465 e. The highest BCUT2D eigenvalue weighted by Gasteiger charge is 2.23. The van der Waals surface area contributed by atoms with Gasteiger partial charge in [-0.05, 0) is 24.8 Å². The Bertz CT molecular complexity index is 773. The summed E-state index contributed by atoms with van der Waals surface area (Å²) < 4.78 is 4.96. The minimum absolute atomic E-state index is 0.0284. The number of amides is 1. The molecule has 26 heavy (non-hydrogen) atoms. The van der Waals surface area contributed by atoms with Gasteiger partial charge in [0.2, 0.25) is 5.91 Å². The van der Waals surface area contributed by atoms with Crippen molar-refractivity contribution in [1.82, 2.24) is 0 Å². The van der Waals surface area contributed by atoms with Crippen molar-refractivity contribution in [1.29, 1.82) is 0 Å². The number of carbonyl (C=O) groups is 2. The summed E-state index contributed by atoms with van der Waals surface area (Å²) in [5, 5.41) is 5.41. The highest BCUT2D eigenvalue weighted by atomic mass is 32.1. The molecule has 0 aliphatic heterocycles. The molecule has 1 aromatic carbocycles. The molecule has 0 bridgehead atoms. The first-order valence-corrected chi connectivity index (χ1v) is 10.0. The number of methoxy groups -OCH3 is 1. The van der Waals surface area contributed by atoms with Crippen molar-refractivity contribution in [3.05, 3.63) is 40.8 Å². The Balaban J connectivity index is 1.77. The van der Waals surface area contributed by atoms with Crippen molar-refractivity contribution in [3.63, 3.8) is 0 Å². The normalized spacial score (nSPS) is 14.4. The van der Waals surface area contributed by atoms with E-state index in [1.165, 1.54) is 44.1 Å². The molecule has 1 aromatic heterocycles. The van der Waals surface area contributed by atoms with Crippen LogP contribution in [0.2, 0.25) is 0 Å². The van der Waals surface area contributed by atoms with E-state index < -0.39 is 5.97 Å². The molecule has 0 spiro atoms. The van der Waals surface area contributed by atoms with Gasteiger partial charge in [-0.2, -0.15) is 0 Å². The van der Waals surface area contributed by atoms with Crippen molar-refractivity contribution in [2.45, 2.75) is 45.4 Å². The first kappa shape index (κ1) is 18.6.